The van der Waals surface area contributed by atoms with Crippen LogP contribution < -0.4 is 0 Å². The Labute approximate surface area is 108 Å². The van der Waals surface area contributed by atoms with Crippen molar-refractivity contribution in [1.82, 2.24) is 9.88 Å². The molecule has 0 atom stereocenters. The number of hydrogen-bond donors (Lipinski definition) is 1. The van der Waals surface area contributed by atoms with E-state index < -0.39 is 0 Å². The van der Waals surface area contributed by atoms with Crippen molar-refractivity contribution in [2.75, 3.05) is 19.6 Å². The number of aromatic nitrogens is 1. The molecule has 0 aliphatic carbocycles. The molecule has 18 heavy (non-hydrogen) atoms. The molecular formula is C15H21FN2. The molecule has 0 radical (unpaired) electrons. The smallest absolute Gasteiger partial charge is 0.132 e. The molecule has 1 aromatic carbocycles. The third kappa shape index (κ3) is 2.72. The van der Waals surface area contributed by atoms with Gasteiger partial charge in [0.05, 0.1) is 0 Å². The van der Waals surface area contributed by atoms with E-state index in [4.69, 9.17) is 0 Å². The molecule has 3 heteroatoms. The summed E-state index contributed by atoms with van der Waals surface area (Å²) in [5.41, 5.74) is 1.97. The van der Waals surface area contributed by atoms with Crippen molar-refractivity contribution < 1.29 is 4.39 Å². The summed E-state index contributed by atoms with van der Waals surface area (Å²) in [5, 5.41) is 0.755. The highest BCUT2D eigenvalue weighted by molar-refractivity contribution is 5.83. The van der Waals surface area contributed by atoms with E-state index in [1.54, 1.807) is 6.07 Å². The van der Waals surface area contributed by atoms with Gasteiger partial charge in [0.15, 0.2) is 0 Å². The molecule has 1 aromatic heterocycles. The van der Waals surface area contributed by atoms with Gasteiger partial charge in [-0.25, -0.2) is 4.39 Å². The van der Waals surface area contributed by atoms with Gasteiger partial charge >= 0.3 is 0 Å². The molecule has 0 aliphatic rings. The van der Waals surface area contributed by atoms with Gasteiger partial charge < -0.3 is 9.88 Å². The number of halogens is 1. The van der Waals surface area contributed by atoms with E-state index in [0.717, 1.165) is 48.9 Å². The first kappa shape index (κ1) is 13.1. The Morgan fingerprint density at radius 1 is 1.22 bits per heavy atom. The van der Waals surface area contributed by atoms with Gasteiger partial charge in [0, 0.05) is 23.6 Å². The first-order valence-corrected chi connectivity index (χ1v) is 6.73. The summed E-state index contributed by atoms with van der Waals surface area (Å²) in [5.74, 6) is -0.123. The number of likely N-dealkylation sites (N-methyl/N-ethyl adjacent to an activating group) is 1. The third-order valence-electron chi connectivity index (χ3n) is 3.42. The Kier molecular flexibility index (Phi) is 4.37. The van der Waals surface area contributed by atoms with Gasteiger partial charge in [-0.15, -0.1) is 0 Å². The van der Waals surface area contributed by atoms with Crippen LogP contribution in [0.4, 0.5) is 4.39 Å². The first-order valence-electron chi connectivity index (χ1n) is 6.73. The number of hydrogen-bond acceptors (Lipinski definition) is 1. The zero-order valence-corrected chi connectivity index (χ0v) is 11.2. The maximum atomic E-state index is 13.8. The lowest BCUT2D eigenvalue weighted by Gasteiger charge is -2.19. The highest BCUT2D eigenvalue weighted by atomic mass is 19.1. The molecule has 0 unspecified atom stereocenters. The van der Waals surface area contributed by atoms with Gasteiger partial charge in [0.2, 0.25) is 0 Å². The lowest BCUT2D eigenvalue weighted by atomic mass is 10.1. The van der Waals surface area contributed by atoms with Crippen molar-refractivity contribution >= 4 is 10.9 Å². The van der Waals surface area contributed by atoms with Crippen LogP contribution in [0.3, 0.4) is 0 Å². The van der Waals surface area contributed by atoms with Gasteiger partial charge in [-0.1, -0.05) is 19.9 Å². The van der Waals surface area contributed by atoms with E-state index in [2.05, 4.69) is 23.7 Å². The molecule has 0 saturated carbocycles. The zero-order chi connectivity index (χ0) is 13.0. The fraction of sp³-hybridized carbons (Fsp3) is 0.467. The van der Waals surface area contributed by atoms with Crippen molar-refractivity contribution in [3.8, 4) is 0 Å². The molecular weight excluding hydrogens is 227 g/mol. The minimum Gasteiger partial charge on any atom is -0.361 e. The van der Waals surface area contributed by atoms with Crippen LogP contribution in [0.25, 0.3) is 10.9 Å². The Morgan fingerprint density at radius 2 is 2.06 bits per heavy atom. The van der Waals surface area contributed by atoms with E-state index in [9.17, 15) is 4.39 Å². The molecule has 98 valence electrons. The number of H-pyrrole nitrogens is 1. The van der Waals surface area contributed by atoms with E-state index in [0.29, 0.717) is 0 Å². The number of benzene rings is 1. The van der Waals surface area contributed by atoms with Crippen molar-refractivity contribution in [2.45, 2.75) is 26.7 Å². The van der Waals surface area contributed by atoms with Crippen molar-refractivity contribution in [1.29, 1.82) is 0 Å². The molecule has 0 spiro atoms. The maximum Gasteiger partial charge on any atom is 0.132 e. The molecule has 0 saturated heterocycles. The molecule has 1 N–H and O–H groups in total. The average Bonchev–Trinajstić information content (AvgIpc) is 2.79. The standard InChI is InChI=1S/C15H21FN2/c1-3-9-18(4-2)10-8-12-11-17-14-7-5-6-13(16)15(12)14/h5-7,11,17H,3-4,8-10H2,1-2H3. The minimum atomic E-state index is -0.123. The third-order valence-corrected chi connectivity index (χ3v) is 3.42. The SMILES string of the molecule is CCCN(CC)CCc1c[nH]c2cccc(F)c12. The predicted octanol–water partition coefficient (Wildman–Crippen LogP) is 3.58. The maximum absolute atomic E-state index is 13.8. The Balaban J connectivity index is 2.12. The van der Waals surface area contributed by atoms with Gasteiger partial charge in [0.1, 0.15) is 5.82 Å². The van der Waals surface area contributed by atoms with Crippen LogP contribution in [0.2, 0.25) is 0 Å². The largest absolute Gasteiger partial charge is 0.361 e. The van der Waals surface area contributed by atoms with E-state index >= 15 is 0 Å². The summed E-state index contributed by atoms with van der Waals surface area (Å²) in [7, 11) is 0. The number of nitrogens with zero attached hydrogens (tertiary/aromatic N) is 1. The summed E-state index contributed by atoms with van der Waals surface area (Å²) < 4.78 is 13.8. The lowest BCUT2D eigenvalue weighted by molar-refractivity contribution is 0.292. The molecule has 2 nitrogen and oxygen atoms in total. The lowest BCUT2D eigenvalue weighted by Crippen LogP contribution is -2.26. The molecule has 1 heterocycles. The Hall–Kier alpha value is -1.35. The van der Waals surface area contributed by atoms with Gasteiger partial charge in [-0.3, -0.25) is 0 Å². The van der Waals surface area contributed by atoms with Crippen LogP contribution in [0, 0.1) is 5.82 Å². The second-order valence-electron chi connectivity index (χ2n) is 4.66. The second-order valence-corrected chi connectivity index (χ2v) is 4.66. The Morgan fingerprint density at radius 3 is 2.78 bits per heavy atom. The van der Waals surface area contributed by atoms with E-state index in [-0.39, 0.29) is 5.82 Å². The van der Waals surface area contributed by atoms with Crippen molar-refractivity contribution in [3.63, 3.8) is 0 Å². The van der Waals surface area contributed by atoms with Crippen LogP contribution in [0.5, 0.6) is 0 Å². The fourth-order valence-corrected chi connectivity index (χ4v) is 2.43. The number of fused-ring (bicyclic) bond motifs is 1. The number of aromatic amines is 1. The van der Waals surface area contributed by atoms with Crippen LogP contribution in [-0.4, -0.2) is 29.5 Å². The first-order chi connectivity index (χ1) is 8.76. The fourth-order valence-electron chi connectivity index (χ4n) is 2.43. The van der Waals surface area contributed by atoms with Crippen LogP contribution in [-0.2, 0) is 6.42 Å². The molecule has 0 aliphatic heterocycles. The van der Waals surface area contributed by atoms with E-state index in [1.807, 2.05) is 12.3 Å². The topological polar surface area (TPSA) is 19.0 Å². The van der Waals surface area contributed by atoms with Gasteiger partial charge in [-0.2, -0.15) is 0 Å². The molecule has 2 rings (SSSR count). The summed E-state index contributed by atoms with van der Waals surface area (Å²) >= 11 is 0. The van der Waals surface area contributed by atoms with Crippen LogP contribution in [0.1, 0.15) is 25.8 Å². The summed E-state index contributed by atoms with van der Waals surface area (Å²) in [6.07, 6.45) is 4.00. The number of rotatable bonds is 6. The summed E-state index contributed by atoms with van der Waals surface area (Å²) in [6.45, 7) is 7.52. The van der Waals surface area contributed by atoms with Gasteiger partial charge in [-0.05, 0) is 43.6 Å². The van der Waals surface area contributed by atoms with E-state index in [1.165, 1.54) is 6.07 Å². The second kappa shape index (κ2) is 6.01. The normalized spacial score (nSPS) is 11.6. The predicted molar refractivity (Wildman–Crippen MR) is 74.4 cm³/mol. The molecule has 0 fully saturated rings. The number of nitrogens with one attached hydrogen (secondary N) is 1. The van der Waals surface area contributed by atoms with Crippen LogP contribution >= 0.6 is 0 Å². The monoisotopic (exact) mass is 248 g/mol. The highest BCUT2D eigenvalue weighted by Crippen LogP contribution is 2.21. The molecule has 0 amide bonds. The summed E-state index contributed by atoms with van der Waals surface area (Å²) in [4.78, 5) is 5.55. The quantitative estimate of drug-likeness (QED) is 0.828. The molecule has 2 aromatic rings. The zero-order valence-electron chi connectivity index (χ0n) is 11.2. The highest BCUT2D eigenvalue weighted by Gasteiger charge is 2.09. The van der Waals surface area contributed by atoms with Crippen LogP contribution in [0.15, 0.2) is 24.4 Å². The minimum absolute atomic E-state index is 0.123. The Bertz CT molecular complexity index is 504. The van der Waals surface area contributed by atoms with Crippen molar-refractivity contribution in [2.24, 2.45) is 0 Å². The summed E-state index contributed by atoms with van der Waals surface area (Å²) in [6, 6.07) is 5.20. The molecule has 0 bridgehead atoms. The average molecular weight is 248 g/mol. The van der Waals surface area contributed by atoms with Crippen molar-refractivity contribution in [3.05, 3.63) is 35.8 Å². The van der Waals surface area contributed by atoms with Gasteiger partial charge in [0.25, 0.3) is 0 Å².